The molecule has 4 heterocycles. The van der Waals surface area contributed by atoms with Crippen LogP contribution in [-0.4, -0.2) is 14.5 Å². The molecule has 0 aliphatic heterocycles. The third-order valence-electron chi connectivity index (χ3n) is 12.0. The summed E-state index contributed by atoms with van der Waals surface area (Å²) in [6.45, 7) is 0. The number of fused-ring (bicyclic) bond motifs is 14. The molecule has 0 aliphatic carbocycles. The third-order valence-corrected chi connectivity index (χ3v) is 12.0. The number of aromatic nitrogens is 3. The number of furan rings is 2. The maximum atomic E-state index is 6.96. The molecule has 4 aromatic heterocycles. The largest absolute Gasteiger partial charge is 0.455 e. The van der Waals surface area contributed by atoms with Crippen LogP contribution in [0.15, 0.2) is 197 Å². The van der Waals surface area contributed by atoms with Gasteiger partial charge in [-0.15, -0.1) is 0 Å². The molecule has 0 saturated heterocycles. The highest BCUT2D eigenvalue weighted by Crippen LogP contribution is 2.47. The van der Waals surface area contributed by atoms with E-state index in [-0.39, 0.29) is 0 Å². The molecule has 59 heavy (non-hydrogen) atoms. The lowest BCUT2D eigenvalue weighted by atomic mass is 9.97. The minimum absolute atomic E-state index is 0.568. The van der Waals surface area contributed by atoms with E-state index in [2.05, 4.69) is 168 Å². The van der Waals surface area contributed by atoms with Crippen LogP contribution in [-0.2, 0) is 0 Å². The molecule has 9 aromatic carbocycles. The van der Waals surface area contributed by atoms with Crippen molar-refractivity contribution in [3.63, 3.8) is 0 Å². The standard InChI is InChI=1S/C54H31N3O2/c1-2-14-33(15-3-1)44-31-45(36-26-25-32-13-4-5-16-34(32)29-36)56-54(55-44)57-46-28-27-35(37-21-12-22-41-38-17-8-10-23-47(38)58-52(37)41)30-43(46)49-39-18-6-7-19-40(39)50-42-20-9-11-24-48(42)59-53(50)51(49)57/h1-31H. The number of para-hydroxylation sites is 3. The summed E-state index contributed by atoms with van der Waals surface area (Å²) in [6.07, 6.45) is 0. The van der Waals surface area contributed by atoms with Crippen molar-refractivity contribution in [3.8, 4) is 39.6 Å². The van der Waals surface area contributed by atoms with Crippen molar-refractivity contribution < 1.29 is 8.83 Å². The van der Waals surface area contributed by atoms with Crippen LogP contribution in [0, 0.1) is 0 Å². The van der Waals surface area contributed by atoms with Crippen LogP contribution >= 0.6 is 0 Å². The SMILES string of the molecule is c1ccc(-c2cc(-c3ccc4ccccc4c3)nc(-n3c4ccc(-c5cccc6c5oc5ccccc56)cc4c4c5ccccc5c5c6ccccc6oc5c43)n2)cc1. The smallest absolute Gasteiger partial charge is 0.235 e. The lowest BCUT2D eigenvalue weighted by Crippen LogP contribution is -2.04. The molecule has 5 nitrogen and oxygen atoms in total. The van der Waals surface area contributed by atoms with Crippen molar-refractivity contribution in [2.75, 3.05) is 0 Å². The van der Waals surface area contributed by atoms with Crippen molar-refractivity contribution in [3.05, 3.63) is 188 Å². The maximum Gasteiger partial charge on any atom is 0.235 e. The van der Waals surface area contributed by atoms with Crippen LogP contribution in [0.3, 0.4) is 0 Å². The lowest BCUT2D eigenvalue weighted by Gasteiger charge is -2.13. The van der Waals surface area contributed by atoms with Crippen molar-refractivity contribution in [2.24, 2.45) is 0 Å². The summed E-state index contributed by atoms with van der Waals surface area (Å²) in [4.78, 5) is 10.9. The van der Waals surface area contributed by atoms with Crippen molar-refractivity contribution in [1.82, 2.24) is 14.5 Å². The molecule has 0 saturated carbocycles. The Morgan fingerprint density at radius 3 is 1.83 bits per heavy atom. The topological polar surface area (TPSA) is 57.0 Å². The second kappa shape index (κ2) is 12.2. The zero-order valence-corrected chi connectivity index (χ0v) is 31.6. The highest BCUT2D eigenvalue weighted by Gasteiger charge is 2.25. The van der Waals surface area contributed by atoms with E-state index >= 15 is 0 Å². The molecule has 0 unspecified atom stereocenters. The molecule has 13 rings (SSSR count). The van der Waals surface area contributed by atoms with E-state index in [9.17, 15) is 0 Å². The molecule has 0 atom stereocenters. The Morgan fingerprint density at radius 2 is 1.00 bits per heavy atom. The number of hydrogen-bond acceptors (Lipinski definition) is 4. The molecular formula is C54H31N3O2. The first kappa shape index (κ1) is 32.1. The lowest BCUT2D eigenvalue weighted by molar-refractivity contribution is 0.670. The van der Waals surface area contributed by atoms with Gasteiger partial charge in [-0.2, -0.15) is 0 Å². The van der Waals surface area contributed by atoms with Gasteiger partial charge >= 0.3 is 0 Å². The number of nitrogens with zero attached hydrogens (tertiary/aromatic N) is 3. The molecule has 0 fully saturated rings. The van der Waals surface area contributed by atoms with E-state index in [4.69, 9.17) is 18.8 Å². The normalized spacial score (nSPS) is 12.1. The highest BCUT2D eigenvalue weighted by atomic mass is 16.3. The molecule has 0 N–H and O–H groups in total. The molecule has 0 radical (unpaired) electrons. The first-order chi connectivity index (χ1) is 29.2. The molecule has 0 aliphatic rings. The summed E-state index contributed by atoms with van der Waals surface area (Å²) in [5.74, 6) is 0.568. The van der Waals surface area contributed by atoms with Crippen molar-refractivity contribution in [2.45, 2.75) is 0 Å². The summed E-state index contributed by atoms with van der Waals surface area (Å²) < 4.78 is 15.8. The zero-order valence-electron chi connectivity index (χ0n) is 31.6. The van der Waals surface area contributed by atoms with E-state index in [0.717, 1.165) is 115 Å². The van der Waals surface area contributed by atoms with Crippen molar-refractivity contribution >= 4 is 87.2 Å². The Kier molecular flexibility index (Phi) is 6.66. The van der Waals surface area contributed by atoms with Gasteiger partial charge in [-0.05, 0) is 63.5 Å². The summed E-state index contributed by atoms with van der Waals surface area (Å²) in [6, 6.07) is 65.9. The fourth-order valence-corrected chi connectivity index (χ4v) is 9.32. The predicted molar refractivity (Wildman–Crippen MR) is 242 cm³/mol. The van der Waals surface area contributed by atoms with Gasteiger partial charge in [-0.3, -0.25) is 4.57 Å². The summed E-state index contributed by atoms with van der Waals surface area (Å²) >= 11 is 0. The predicted octanol–water partition coefficient (Wildman–Crippen LogP) is 14.7. The van der Waals surface area contributed by atoms with Crippen LogP contribution in [0.25, 0.3) is 127 Å². The minimum atomic E-state index is 0.568. The number of hydrogen-bond donors (Lipinski definition) is 0. The average molecular weight is 754 g/mol. The molecule has 13 aromatic rings. The Labute approximate surface area is 337 Å². The fraction of sp³-hybridized carbons (Fsp3) is 0. The van der Waals surface area contributed by atoms with Crippen LogP contribution in [0.5, 0.6) is 0 Å². The Bertz CT molecular complexity index is 3850. The molecule has 0 spiro atoms. The second-order valence-electron chi connectivity index (χ2n) is 15.3. The van der Waals surface area contributed by atoms with Gasteiger partial charge in [0.15, 0.2) is 5.58 Å². The highest BCUT2D eigenvalue weighted by molar-refractivity contribution is 6.35. The number of benzene rings is 9. The molecule has 274 valence electrons. The van der Waals surface area contributed by atoms with Crippen LogP contribution in [0.4, 0.5) is 0 Å². The van der Waals surface area contributed by atoms with Gasteiger partial charge in [0.2, 0.25) is 5.95 Å². The van der Waals surface area contributed by atoms with E-state index in [1.165, 1.54) is 5.39 Å². The average Bonchev–Trinajstić information content (AvgIpc) is 3.99. The van der Waals surface area contributed by atoms with Gasteiger partial charge in [0.1, 0.15) is 22.3 Å². The Morgan fingerprint density at radius 1 is 0.373 bits per heavy atom. The quantitative estimate of drug-likeness (QED) is 0.180. The first-order valence-electron chi connectivity index (χ1n) is 19.9. The van der Waals surface area contributed by atoms with E-state index in [1.54, 1.807) is 0 Å². The van der Waals surface area contributed by atoms with E-state index in [1.807, 2.05) is 24.3 Å². The third kappa shape index (κ3) is 4.73. The van der Waals surface area contributed by atoms with Crippen LogP contribution in [0.1, 0.15) is 0 Å². The zero-order chi connectivity index (χ0) is 38.6. The van der Waals surface area contributed by atoms with Crippen LogP contribution < -0.4 is 0 Å². The molecular weight excluding hydrogens is 723 g/mol. The summed E-state index contributed by atoms with van der Waals surface area (Å²) in [5, 5.41) is 11.1. The van der Waals surface area contributed by atoms with Gasteiger partial charge < -0.3 is 8.83 Å². The Balaban J connectivity index is 1.18. The van der Waals surface area contributed by atoms with Crippen LogP contribution in [0.2, 0.25) is 0 Å². The monoisotopic (exact) mass is 753 g/mol. The molecule has 0 amide bonds. The van der Waals surface area contributed by atoms with E-state index in [0.29, 0.717) is 5.95 Å². The first-order valence-corrected chi connectivity index (χ1v) is 19.9. The Hall–Kier alpha value is -8.02. The van der Waals surface area contributed by atoms with Gasteiger partial charge in [0.25, 0.3) is 0 Å². The second-order valence-corrected chi connectivity index (χ2v) is 15.3. The van der Waals surface area contributed by atoms with Crippen molar-refractivity contribution in [1.29, 1.82) is 0 Å². The summed E-state index contributed by atoms with van der Waals surface area (Å²) in [5.41, 5.74) is 11.1. The summed E-state index contributed by atoms with van der Waals surface area (Å²) in [7, 11) is 0. The molecule has 5 heteroatoms. The van der Waals surface area contributed by atoms with Gasteiger partial charge in [0, 0.05) is 49.0 Å². The minimum Gasteiger partial charge on any atom is -0.455 e. The molecule has 0 bridgehead atoms. The van der Waals surface area contributed by atoms with E-state index < -0.39 is 0 Å². The van der Waals surface area contributed by atoms with Gasteiger partial charge in [-0.25, -0.2) is 9.97 Å². The van der Waals surface area contributed by atoms with Gasteiger partial charge in [-0.1, -0.05) is 152 Å². The number of rotatable bonds is 4. The van der Waals surface area contributed by atoms with Gasteiger partial charge in [0.05, 0.1) is 16.9 Å². The maximum absolute atomic E-state index is 6.96. The fourth-order valence-electron chi connectivity index (χ4n) is 9.32.